The van der Waals surface area contributed by atoms with Crippen LogP contribution in [-0.4, -0.2) is 26.2 Å². The number of carbonyl (C=O) groups is 1. The Morgan fingerprint density at radius 3 is 2.58 bits per heavy atom. The molecular formula is C18H28N4O2. The maximum absolute atomic E-state index is 12.3. The number of rotatable bonds is 6. The van der Waals surface area contributed by atoms with E-state index >= 15 is 0 Å². The minimum atomic E-state index is -0.761. The lowest BCUT2D eigenvalue weighted by Gasteiger charge is -2.21. The second kappa shape index (κ2) is 6.43. The molecule has 24 heavy (non-hydrogen) atoms. The Labute approximate surface area is 143 Å². The van der Waals surface area contributed by atoms with E-state index in [9.17, 15) is 9.90 Å². The lowest BCUT2D eigenvalue weighted by Crippen LogP contribution is -2.29. The van der Waals surface area contributed by atoms with Crippen LogP contribution in [0.5, 0.6) is 0 Å². The number of nitrogens with one attached hydrogen (secondary N) is 1. The maximum Gasteiger partial charge on any atom is 0.230 e. The van der Waals surface area contributed by atoms with Crippen molar-refractivity contribution in [3.05, 3.63) is 18.2 Å². The van der Waals surface area contributed by atoms with Crippen molar-refractivity contribution in [2.45, 2.75) is 59.6 Å². The Hall–Kier alpha value is -2.08. The lowest BCUT2D eigenvalue weighted by atomic mass is 9.89. The number of nitrogen functional groups attached to an aromatic ring is 1. The standard InChI is InChI=1S/C18H28N4O2/c1-6-17(2,3)15(23)20-12-7-8-14-13(11-12)21-16(19)22(14)10-9-18(4,5)24/h7-8,11,24H,6,9-10H2,1-5H3,(H2,19,21)(H,20,23). The van der Waals surface area contributed by atoms with Gasteiger partial charge in [-0.15, -0.1) is 0 Å². The molecule has 0 aliphatic rings. The maximum atomic E-state index is 12.3. The van der Waals surface area contributed by atoms with E-state index < -0.39 is 11.0 Å². The molecule has 1 heterocycles. The van der Waals surface area contributed by atoms with Gasteiger partial charge in [0.05, 0.1) is 16.6 Å². The zero-order chi connectivity index (χ0) is 18.1. The van der Waals surface area contributed by atoms with Crippen molar-refractivity contribution in [3.8, 4) is 0 Å². The van der Waals surface area contributed by atoms with E-state index in [1.807, 2.05) is 43.5 Å². The number of hydrogen-bond donors (Lipinski definition) is 3. The molecule has 0 fully saturated rings. The molecule has 1 aromatic carbocycles. The molecular weight excluding hydrogens is 304 g/mol. The van der Waals surface area contributed by atoms with Gasteiger partial charge in [0, 0.05) is 17.6 Å². The number of amides is 1. The average Bonchev–Trinajstić information content (AvgIpc) is 2.78. The van der Waals surface area contributed by atoms with E-state index in [-0.39, 0.29) is 5.91 Å². The van der Waals surface area contributed by atoms with E-state index in [2.05, 4.69) is 10.3 Å². The first-order chi connectivity index (χ1) is 11.0. The van der Waals surface area contributed by atoms with Gasteiger partial charge in [0.15, 0.2) is 0 Å². The smallest absolute Gasteiger partial charge is 0.230 e. The highest BCUT2D eigenvalue weighted by Gasteiger charge is 2.25. The van der Waals surface area contributed by atoms with Gasteiger partial charge >= 0.3 is 0 Å². The molecule has 0 radical (unpaired) electrons. The van der Waals surface area contributed by atoms with Crippen LogP contribution in [0, 0.1) is 5.41 Å². The summed E-state index contributed by atoms with van der Waals surface area (Å²) in [6.07, 6.45) is 1.34. The zero-order valence-corrected chi connectivity index (χ0v) is 15.2. The van der Waals surface area contributed by atoms with E-state index in [1.165, 1.54) is 0 Å². The topological polar surface area (TPSA) is 93.2 Å². The molecule has 0 spiro atoms. The second-order valence-corrected chi connectivity index (χ2v) is 7.58. The second-order valence-electron chi connectivity index (χ2n) is 7.58. The Kier molecular flexibility index (Phi) is 4.90. The predicted molar refractivity (Wildman–Crippen MR) is 97.8 cm³/mol. The SMILES string of the molecule is CCC(C)(C)C(=O)Nc1ccc2c(c1)nc(N)n2CCC(C)(C)O. The van der Waals surface area contributed by atoms with Crippen molar-refractivity contribution in [3.63, 3.8) is 0 Å². The Bertz CT molecular complexity index is 741. The molecule has 2 aromatic rings. The van der Waals surface area contributed by atoms with Crippen LogP contribution in [0.25, 0.3) is 11.0 Å². The molecule has 0 bridgehead atoms. The van der Waals surface area contributed by atoms with E-state index in [0.717, 1.165) is 17.5 Å². The fourth-order valence-electron chi connectivity index (χ4n) is 2.31. The number of carbonyl (C=O) groups excluding carboxylic acids is 1. The van der Waals surface area contributed by atoms with E-state index in [4.69, 9.17) is 5.73 Å². The minimum Gasteiger partial charge on any atom is -0.390 e. The first kappa shape index (κ1) is 18.3. The molecule has 0 aliphatic heterocycles. The fourth-order valence-corrected chi connectivity index (χ4v) is 2.31. The van der Waals surface area contributed by atoms with Gasteiger partial charge in [-0.1, -0.05) is 20.8 Å². The van der Waals surface area contributed by atoms with Gasteiger partial charge in [0.2, 0.25) is 11.9 Å². The normalized spacial score (nSPS) is 12.6. The van der Waals surface area contributed by atoms with Crippen molar-refractivity contribution in [1.82, 2.24) is 9.55 Å². The molecule has 0 saturated heterocycles. The van der Waals surface area contributed by atoms with E-state index in [0.29, 0.717) is 24.6 Å². The molecule has 0 aliphatic carbocycles. The molecule has 1 aromatic heterocycles. The van der Waals surface area contributed by atoms with Crippen LogP contribution in [-0.2, 0) is 11.3 Å². The summed E-state index contributed by atoms with van der Waals surface area (Å²) >= 11 is 0. The summed E-state index contributed by atoms with van der Waals surface area (Å²) in [6.45, 7) is 9.96. The average molecular weight is 332 g/mol. The number of fused-ring (bicyclic) bond motifs is 1. The number of hydrogen-bond acceptors (Lipinski definition) is 4. The first-order valence-corrected chi connectivity index (χ1v) is 8.33. The monoisotopic (exact) mass is 332 g/mol. The van der Waals surface area contributed by atoms with Gasteiger partial charge in [0.1, 0.15) is 0 Å². The van der Waals surface area contributed by atoms with Crippen LogP contribution in [0.15, 0.2) is 18.2 Å². The molecule has 4 N–H and O–H groups in total. The van der Waals surface area contributed by atoms with E-state index in [1.54, 1.807) is 13.8 Å². The zero-order valence-electron chi connectivity index (χ0n) is 15.2. The fraction of sp³-hybridized carbons (Fsp3) is 0.556. The molecule has 1 amide bonds. The minimum absolute atomic E-state index is 0.0150. The number of nitrogens with zero attached hydrogens (tertiary/aromatic N) is 2. The van der Waals surface area contributed by atoms with Crippen LogP contribution in [0.4, 0.5) is 11.6 Å². The Balaban J connectivity index is 2.25. The van der Waals surface area contributed by atoms with Crippen molar-refractivity contribution in [2.24, 2.45) is 5.41 Å². The van der Waals surface area contributed by atoms with Crippen LogP contribution in [0.2, 0.25) is 0 Å². The van der Waals surface area contributed by atoms with Crippen molar-refractivity contribution >= 4 is 28.6 Å². The summed E-state index contributed by atoms with van der Waals surface area (Å²) in [7, 11) is 0. The number of aryl methyl sites for hydroxylation is 1. The quantitative estimate of drug-likeness (QED) is 0.757. The molecule has 6 heteroatoms. The third-order valence-corrected chi connectivity index (χ3v) is 4.48. The van der Waals surface area contributed by atoms with Gasteiger partial charge in [-0.2, -0.15) is 0 Å². The summed E-state index contributed by atoms with van der Waals surface area (Å²) in [5.41, 5.74) is 7.16. The predicted octanol–water partition coefficient (Wildman–Crippen LogP) is 3.15. The highest BCUT2D eigenvalue weighted by Crippen LogP contribution is 2.26. The van der Waals surface area contributed by atoms with Crippen LogP contribution >= 0.6 is 0 Å². The summed E-state index contributed by atoms with van der Waals surface area (Å²) in [5.74, 6) is 0.394. The number of nitrogens with two attached hydrogens (primary N) is 1. The number of aliphatic hydroxyl groups is 1. The highest BCUT2D eigenvalue weighted by atomic mass is 16.3. The number of aromatic nitrogens is 2. The summed E-state index contributed by atoms with van der Waals surface area (Å²) in [4.78, 5) is 16.7. The number of benzene rings is 1. The summed E-state index contributed by atoms with van der Waals surface area (Å²) < 4.78 is 1.88. The van der Waals surface area contributed by atoms with Crippen molar-refractivity contribution in [1.29, 1.82) is 0 Å². The molecule has 0 unspecified atom stereocenters. The summed E-state index contributed by atoms with van der Waals surface area (Å²) in [5, 5.41) is 12.8. The van der Waals surface area contributed by atoms with Gasteiger partial charge in [0.25, 0.3) is 0 Å². The molecule has 0 saturated carbocycles. The van der Waals surface area contributed by atoms with Crippen LogP contribution < -0.4 is 11.1 Å². The van der Waals surface area contributed by atoms with Crippen molar-refractivity contribution < 1.29 is 9.90 Å². The van der Waals surface area contributed by atoms with Crippen LogP contribution in [0.1, 0.15) is 47.5 Å². The number of anilines is 2. The third-order valence-electron chi connectivity index (χ3n) is 4.48. The summed E-state index contributed by atoms with van der Waals surface area (Å²) in [6, 6.07) is 5.58. The first-order valence-electron chi connectivity index (χ1n) is 8.33. The van der Waals surface area contributed by atoms with Gasteiger partial charge in [-0.05, 0) is 44.9 Å². The van der Waals surface area contributed by atoms with Gasteiger partial charge in [-0.3, -0.25) is 4.79 Å². The largest absolute Gasteiger partial charge is 0.390 e. The van der Waals surface area contributed by atoms with Crippen LogP contribution in [0.3, 0.4) is 0 Å². The molecule has 132 valence electrons. The third kappa shape index (κ3) is 4.06. The lowest BCUT2D eigenvalue weighted by molar-refractivity contribution is -0.124. The number of imidazole rings is 1. The molecule has 0 atom stereocenters. The molecule has 2 rings (SSSR count). The Morgan fingerprint density at radius 2 is 2.00 bits per heavy atom. The Morgan fingerprint density at radius 1 is 1.33 bits per heavy atom. The highest BCUT2D eigenvalue weighted by molar-refractivity contribution is 5.96. The van der Waals surface area contributed by atoms with Gasteiger partial charge in [-0.25, -0.2) is 4.98 Å². The molecule has 6 nitrogen and oxygen atoms in total. The van der Waals surface area contributed by atoms with Gasteiger partial charge < -0.3 is 20.7 Å². The van der Waals surface area contributed by atoms with Crippen molar-refractivity contribution in [2.75, 3.05) is 11.1 Å².